The molecule has 0 nitrogen and oxygen atoms in total. The predicted molar refractivity (Wildman–Crippen MR) is 35.2 cm³/mol. The van der Waals surface area contributed by atoms with Gasteiger partial charge in [-0.05, 0) is 0 Å². The Bertz CT molecular complexity index is 204. The van der Waals surface area contributed by atoms with Crippen LogP contribution in [0.2, 0.25) is 0 Å². The van der Waals surface area contributed by atoms with Crippen LogP contribution in [-0.4, -0.2) is 9.08 Å². The van der Waals surface area contributed by atoms with Crippen LogP contribution in [0.4, 0.5) is 12.3 Å². The normalized spacial score (nSPS) is 11.5. The van der Waals surface area contributed by atoms with E-state index < -0.39 is 14.3 Å². The molecular formula is C6H5F3Si. The van der Waals surface area contributed by atoms with Crippen molar-refractivity contribution >= 4 is 14.3 Å². The third kappa shape index (κ3) is 1.60. The highest BCUT2D eigenvalue weighted by atomic mass is 28.5. The van der Waals surface area contributed by atoms with Crippen LogP contribution in [0.25, 0.3) is 0 Å². The standard InChI is InChI=1S/C6H5F3Si/c7-10(8,9)6-4-2-1-3-5-6/h1-5H. The zero-order valence-corrected chi connectivity index (χ0v) is 6.02. The zero-order chi connectivity index (χ0) is 7.61. The molecule has 0 amide bonds. The summed E-state index contributed by atoms with van der Waals surface area (Å²) in [6.45, 7) is 0. The van der Waals surface area contributed by atoms with Crippen molar-refractivity contribution in [2.45, 2.75) is 0 Å². The minimum Gasteiger partial charge on any atom is -0.234 e. The van der Waals surface area contributed by atoms with Gasteiger partial charge in [0.25, 0.3) is 0 Å². The molecule has 0 N–H and O–H groups in total. The molecule has 0 bridgehead atoms. The lowest BCUT2D eigenvalue weighted by atomic mass is 10.4. The topological polar surface area (TPSA) is 0 Å². The molecule has 0 heterocycles. The minimum atomic E-state index is -5.53. The molecule has 0 radical (unpaired) electrons. The molecule has 0 fully saturated rings. The first-order chi connectivity index (χ1) is 4.61. The summed E-state index contributed by atoms with van der Waals surface area (Å²) in [5.74, 6) is 0. The smallest absolute Gasteiger partial charge is 0.234 e. The average Bonchev–Trinajstić information content (AvgIpc) is 1.88. The second-order valence-electron chi connectivity index (χ2n) is 1.86. The molecule has 1 rings (SSSR count). The van der Waals surface area contributed by atoms with Crippen LogP contribution in [0, 0.1) is 0 Å². The fraction of sp³-hybridized carbons (Fsp3) is 0. The minimum absolute atomic E-state index is 0.463. The van der Waals surface area contributed by atoms with E-state index in [9.17, 15) is 12.3 Å². The lowest BCUT2D eigenvalue weighted by Gasteiger charge is -1.99. The highest BCUT2D eigenvalue weighted by molar-refractivity contribution is 6.73. The van der Waals surface area contributed by atoms with Crippen LogP contribution in [0.15, 0.2) is 30.3 Å². The van der Waals surface area contributed by atoms with Crippen LogP contribution in [0.3, 0.4) is 0 Å². The van der Waals surface area contributed by atoms with E-state index in [1.165, 1.54) is 12.1 Å². The van der Waals surface area contributed by atoms with Gasteiger partial charge >= 0.3 is 9.08 Å². The molecule has 0 saturated heterocycles. The van der Waals surface area contributed by atoms with E-state index >= 15 is 0 Å². The van der Waals surface area contributed by atoms with Crippen LogP contribution >= 0.6 is 0 Å². The number of rotatable bonds is 1. The van der Waals surface area contributed by atoms with E-state index in [2.05, 4.69) is 0 Å². The Morgan fingerprint density at radius 3 is 1.70 bits per heavy atom. The number of hydrogen-bond acceptors (Lipinski definition) is 0. The highest BCUT2D eigenvalue weighted by Gasteiger charge is 2.39. The predicted octanol–water partition coefficient (Wildman–Crippen LogP) is 1.74. The molecule has 0 aliphatic rings. The molecule has 0 aliphatic carbocycles. The van der Waals surface area contributed by atoms with Crippen LogP contribution in [0.5, 0.6) is 0 Å². The summed E-state index contributed by atoms with van der Waals surface area (Å²) in [4.78, 5) is 0. The van der Waals surface area contributed by atoms with Crippen molar-refractivity contribution < 1.29 is 12.3 Å². The summed E-state index contributed by atoms with van der Waals surface area (Å²) in [6.07, 6.45) is 0. The molecule has 1 aromatic rings. The summed E-state index contributed by atoms with van der Waals surface area (Å²) >= 11 is 0. The van der Waals surface area contributed by atoms with E-state index in [1.54, 1.807) is 6.07 Å². The van der Waals surface area contributed by atoms with Gasteiger partial charge in [0.15, 0.2) is 0 Å². The van der Waals surface area contributed by atoms with Crippen LogP contribution in [0.1, 0.15) is 0 Å². The van der Waals surface area contributed by atoms with Gasteiger partial charge in [0.2, 0.25) is 0 Å². The lowest BCUT2D eigenvalue weighted by molar-refractivity contribution is 0.501. The van der Waals surface area contributed by atoms with Crippen molar-refractivity contribution in [3.8, 4) is 0 Å². The van der Waals surface area contributed by atoms with Crippen molar-refractivity contribution in [1.82, 2.24) is 0 Å². The average molecular weight is 162 g/mol. The monoisotopic (exact) mass is 162 g/mol. The maximum absolute atomic E-state index is 11.9. The lowest BCUT2D eigenvalue weighted by Crippen LogP contribution is -2.33. The number of benzene rings is 1. The maximum Gasteiger partial charge on any atom is 0.653 e. The first-order valence-electron chi connectivity index (χ1n) is 2.73. The molecule has 0 atom stereocenters. The van der Waals surface area contributed by atoms with E-state index in [0.717, 1.165) is 12.1 Å². The van der Waals surface area contributed by atoms with Crippen molar-refractivity contribution in [2.24, 2.45) is 0 Å². The molecule has 4 heteroatoms. The Morgan fingerprint density at radius 2 is 1.40 bits per heavy atom. The molecule has 1 aromatic carbocycles. The van der Waals surface area contributed by atoms with Gasteiger partial charge in [0.05, 0.1) is 0 Å². The zero-order valence-electron chi connectivity index (χ0n) is 5.02. The summed E-state index contributed by atoms with van der Waals surface area (Å²) in [7, 11) is -5.53. The summed E-state index contributed by atoms with van der Waals surface area (Å²) in [6, 6.07) is 6.58. The van der Waals surface area contributed by atoms with E-state index in [1.807, 2.05) is 0 Å². The molecule has 0 saturated carbocycles. The molecule has 0 aliphatic heterocycles. The largest absolute Gasteiger partial charge is 0.653 e. The molecule has 0 unspecified atom stereocenters. The summed E-state index contributed by atoms with van der Waals surface area (Å²) in [5, 5.41) is -0.463. The van der Waals surface area contributed by atoms with Gasteiger partial charge in [0.1, 0.15) is 0 Å². The van der Waals surface area contributed by atoms with E-state index in [0.29, 0.717) is 0 Å². The van der Waals surface area contributed by atoms with Gasteiger partial charge in [-0.2, -0.15) is 0 Å². The van der Waals surface area contributed by atoms with Gasteiger partial charge in [-0.3, -0.25) is 0 Å². The van der Waals surface area contributed by atoms with Crippen molar-refractivity contribution in [3.05, 3.63) is 30.3 Å². The van der Waals surface area contributed by atoms with Gasteiger partial charge < -0.3 is 0 Å². The highest BCUT2D eigenvalue weighted by Crippen LogP contribution is 2.07. The second kappa shape index (κ2) is 2.46. The Balaban J connectivity index is 2.97. The van der Waals surface area contributed by atoms with Gasteiger partial charge in [-0.1, -0.05) is 30.3 Å². The van der Waals surface area contributed by atoms with Gasteiger partial charge in [-0.15, -0.1) is 0 Å². The molecule has 10 heavy (non-hydrogen) atoms. The van der Waals surface area contributed by atoms with Gasteiger partial charge in [-0.25, -0.2) is 12.3 Å². The molecule has 0 spiro atoms. The number of hydrogen-bond donors (Lipinski definition) is 0. The fourth-order valence-electron chi connectivity index (χ4n) is 0.627. The molecule has 54 valence electrons. The maximum atomic E-state index is 11.9. The molecule has 0 aromatic heterocycles. The Hall–Kier alpha value is -0.773. The summed E-state index contributed by atoms with van der Waals surface area (Å²) in [5.41, 5.74) is 0. The molecular weight excluding hydrogens is 157 g/mol. The quantitative estimate of drug-likeness (QED) is 0.436. The van der Waals surface area contributed by atoms with Crippen molar-refractivity contribution in [2.75, 3.05) is 0 Å². The second-order valence-corrected chi connectivity index (χ2v) is 3.44. The van der Waals surface area contributed by atoms with Crippen LogP contribution in [-0.2, 0) is 0 Å². The Kier molecular flexibility index (Phi) is 1.80. The van der Waals surface area contributed by atoms with E-state index in [4.69, 9.17) is 0 Å². The van der Waals surface area contributed by atoms with Crippen molar-refractivity contribution in [1.29, 1.82) is 0 Å². The van der Waals surface area contributed by atoms with Crippen molar-refractivity contribution in [3.63, 3.8) is 0 Å². The third-order valence-electron chi connectivity index (χ3n) is 1.10. The van der Waals surface area contributed by atoms with Crippen LogP contribution < -0.4 is 5.19 Å². The van der Waals surface area contributed by atoms with Gasteiger partial charge in [0, 0.05) is 5.19 Å². The first-order valence-corrected chi connectivity index (χ1v) is 4.36. The number of halogens is 3. The SMILES string of the molecule is F[Si](F)(F)c1ccccc1. The fourth-order valence-corrected chi connectivity index (χ4v) is 1.20. The Labute approximate surface area is 57.8 Å². The first kappa shape index (κ1) is 7.34. The summed E-state index contributed by atoms with van der Waals surface area (Å²) < 4.78 is 35.8. The van der Waals surface area contributed by atoms with E-state index in [-0.39, 0.29) is 0 Å². The third-order valence-corrected chi connectivity index (χ3v) is 2.09. The Morgan fingerprint density at radius 1 is 0.900 bits per heavy atom.